The molecule has 0 saturated carbocycles. The molecule has 0 aromatic heterocycles. The van der Waals surface area contributed by atoms with Crippen LogP contribution in [-0.4, -0.2) is 50.0 Å². The minimum Gasteiger partial charge on any atom is -0.493 e. The number of nitrogens with one attached hydrogen (secondary N) is 2. The molecule has 0 bridgehead atoms. The average Bonchev–Trinajstić information content (AvgIpc) is 3.02. The first-order chi connectivity index (χ1) is 17.3. The Hall–Kier alpha value is -4.40. The summed E-state index contributed by atoms with van der Waals surface area (Å²) < 4.78 is 24.5. The van der Waals surface area contributed by atoms with Crippen LogP contribution in [0.3, 0.4) is 0 Å². The second-order valence-electron chi connectivity index (χ2n) is 8.31. The molecule has 1 atom stereocenters. The molecule has 3 amide bonds. The quantitative estimate of drug-likeness (QED) is 0.553. The zero-order valence-corrected chi connectivity index (χ0v) is 20.5. The maximum atomic E-state index is 13.5. The fourth-order valence-corrected chi connectivity index (χ4v) is 4.10. The molecule has 0 spiro atoms. The molecule has 3 aromatic carbocycles. The third kappa shape index (κ3) is 5.00. The molecule has 9 heteroatoms. The van der Waals surface area contributed by atoms with Crippen LogP contribution in [0.15, 0.2) is 65.8 Å². The lowest BCUT2D eigenvalue weighted by Crippen LogP contribution is -2.41. The maximum absolute atomic E-state index is 13.5. The van der Waals surface area contributed by atoms with E-state index in [1.54, 1.807) is 51.6 Å². The number of hydrogen-bond donors (Lipinski definition) is 2. The van der Waals surface area contributed by atoms with Gasteiger partial charge in [-0.3, -0.25) is 4.79 Å². The van der Waals surface area contributed by atoms with Gasteiger partial charge in [0, 0.05) is 29.4 Å². The number of anilines is 1. The number of ether oxygens (including phenoxy) is 2. The number of amides is 3. The molecule has 36 heavy (non-hydrogen) atoms. The molecule has 0 radical (unpaired) electrons. The summed E-state index contributed by atoms with van der Waals surface area (Å²) in [6.07, 6.45) is 0.546. The van der Waals surface area contributed by atoms with E-state index in [-0.39, 0.29) is 18.0 Å². The highest BCUT2D eigenvalue weighted by Crippen LogP contribution is 2.34. The second-order valence-corrected chi connectivity index (χ2v) is 8.31. The number of halogens is 1. The van der Waals surface area contributed by atoms with Crippen LogP contribution >= 0.6 is 0 Å². The summed E-state index contributed by atoms with van der Waals surface area (Å²) in [7, 11) is 4.69. The molecule has 0 aliphatic carbocycles. The number of rotatable bonds is 5. The summed E-state index contributed by atoms with van der Waals surface area (Å²) in [5.41, 5.74) is 3.74. The van der Waals surface area contributed by atoms with Gasteiger partial charge in [-0.25, -0.2) is 14.2 Å². The van der Waals surface area contributed by atoms with Crippen molar-refractivity contribution in [2.75, 3.05) is 26.6 Å². The van der Waals surface area contributed by atoms with Crippen molar-refractivity contribution in [1.29, 1.82) is 0 Å². The third-order valence-corrected chi connectivity index (χ3v) is 5.93. The number of carbonyl (C=O) groups excluding carboxylic acids is 2. The summed E-state index contributed by atoms with van der Waals surface area (Å²) in [6.45, 7) is 1.92. The van der Waals surface area contributed by atoms with Gasteiger partial charge in [-0.05, 0) is 61.4 Å². The Labute approximate surface area is 208 Å². The number of hydrogen-bond acceptors (Lipinski definition) is 5. The first kappa shape index (κ1) is 24.7. The minimum absolute atomic E-state index is 0.226. The van der Waals surface area contributed by atoms with Gasteiger partial charge in [0.05, 0.1) is 26.0 Å². The van der Waals surface area contributed by atoms with Gasteiger partial charge in [0.2, 0.25) is 0 Å². The van der Waals surface area contributed by atoms with E-state index in [0.717, 1.165) is 11.1 Å². The van der Waals surface area contributed by atoms with Crippen molar-refractivity contribution in [2.45, 2.75) is 19.4 Å². The minimum atomic E-state index is -0.435. The van der Waals surface area contributed by atoms with Crippen molar-refractivity contribution in [3.8, 4) is 11.5 Å². The van der Waals surface area contributed by atoms with Crippen LogP contribution in [-0.2, 0) is 6.42 Å². The standard InChI is InChI=1S/C27H27FN4O4/c1-16-12-19-13-23(35-3)24(36-4)15-22(19)25(31-32(16)27(34)29-2)17-8-10-18(11-9-17)26(33)30-21-7-5-6-20(28)14-21/h5-11,13-16H,12H2,1-4H3,(H,29,34)(H,30,33)/t16-/m1/s1. The summed E-state index contributed by atoms with van der Waals surface area (Å²) in [4.78, 5) is 25.3. The van der Waals surface area contributed by atoms with Crippen molar-refractivity contribution < 1.29 is 23.5 Å². The van der Waals surface area contributed by atoms with Gasteiger partial charge in [-0.2, -0.15) is 5.10 Å². The Morgan fingerprint density at radius 2 is 1.72 bits per heavy atom. The fourth-order valence-electron chi connectivity index (χ4n) is 4.10. The summed E-state index contributed by atoms with van der Waals surface area (Å²) >= 11 is 0. The van der Waals surface area contributed by atoms with E-state index in [9.17, 15) is 14.0 Å². The normalized spacial score (nSPS) is 14.8. The van der Waals surface area contributed by atoms with Crippen molar-refractivity contribution in [2.24, 2.45) is 5.10 Å². The average molecular weight is 491 g/mol. The number of hydrazone groups is 1. The Morgan fingerprint density at radius 3 is 2.36 bits per heavy atom. The number of carbonyl (C=O) groups is 2. The highest BCUT2D eigenvalue weighted by atomic mass is 19.1. The molecule has 1 aliphatic heterocycles. The van der Waals surface area contributed by atoms with E-state index >= 15 is 0 Å². The van der Waals surface area contributed by atoms with Gasteiger partial charge in [0.25, 0.3) is 5.91 Å². The second kappa shape index (κ2) is 10.5. The number of methoxy groups -OCH3 is 2. The van der Waals surface area contributed by atoms with Crippen LogP contribution in [0, 0.1) is 5.82 Å². The van der Waals surface area contributed by atoms with Gasteiger partial charge in [-0.1, -0.05) is 18.2 Å². The zero-order valence-electron chi connectivity index (χ0n) is 20.5. The summed E-state index contributed by atoms with van der Waals surface area (Å²) in [5.74, 6) is 0.314. The fraction of sp³-hybridized carbons (Fsp3) is 0.222. The Bertz CT molecular complexity index is 1320. The summed E-state index contributed by atoms with van der Waals surface area (Å²) in [5, 5.41) is 11.5. The monoisotopic (exact) mass is 490 g/mol. The molecule has 4 rings (SSSR count). The molecular formula is C27H27FN4O4. The van der Waals surface area contributed by atoms with Crippen molar-refractivity contribution in [3.63, 3.8) is 0 Å². The molecule has 0 saturated heterocycles. The van der Waals surface area contributed by atoms with E-state index in [1.807, 2.05) is 19.1 Å². The van der Waals surface area contributed by atoms with E-state index < -0.39 is 5.82 Å². The van der Waals surface area contributed by atoms with Gasteiger partial charge in [0.1, 0.15) is 5.82 Å². The first-order valence-electron chi connectivity index (χ1n) is 11.4. The third-order valence-electron chi connectivity index (χ3n) is 5.93. The van der Waals surface area contributed by atoms with E-state index in [4.69, 9.17) is 14.6 Å². The highest BCUT2D eigenvalue weighted by Gasteiger charge is 2.28. The van der Waals surface area contributed by atoms with Gasteiger partial charge in [0.15, 0.2) is 11.5 Å². The number of fused-ring (bicyclic) bond motifs is 1. The SMILES string of the molecule is CNC(=O)N1N=C(c2ccc(C(=O)Nc3cccc(F)c3)cc2)c2cc(OC)c(OC)cc2C[C@H]1C. The lowest BCUT2D eigenvalue weighted by molar-refractivity contribution is 0.102. The van der Waals surface area contributed by atoms with Crippen LogP contribution in [0.1, 0.15) is 34.0 Å². The lowest BCUT2D eigenvalue weighted by atomic mass is 9.93. The van der Waals surface area contributed by atoms with E-state index in [1.165, 1.54) is 23.2 Å². The molecular weight excluding hydrogens is 463 g/mol. The first-order valence-corrected chi connectivity index (χ1v) is 11.4. The van der Waals surface area contributed by atoms with Crippen LogP contribution in [0.25, 0.3) is 0 Å². The lowest BCUT2D eigenvalue weighted by Gasteiger charge is -2.22. The van der Waals surface area contributed by atoms with Gasteiger partial charge < -0.3 is 20.1 Å². The predicted molar refractivity (Wildman–Crippen MR) is 135 cm³/mol. The molecule has 0 unspecified atom stereocenters. The van der Waals surface area contributed by atoms with E-state index in [0.29, 0.717) is 40.4 Å². The predicted octanol–water partition coefficient (Wildman–Crippen LogP) is 4.43. The van der Waals surface area contributed by atoms with Gasteiger partial charge >= 0.3 is 6.03 Å². The largest absolute Gasteiger partial charge is 0.493 e. The zero-order chi connectivity index (χ0) is 25.8. The molecule has 0 fully saturated rings. The number of benzene rings is 3. The molecule has 1 heterocycles. The molecule has 3 aromatic rings. The number of nitrogens with zero attached hydrogens (tertiary/aromatic N) is 2. The smallest absolute Gasteiger partial charge is 0.337 e. The Morgan fingerprint density at radius 1 is 1.03 bits per heavy atom. The topological polar surface area (TPSA) is 92.3 Å². The van der Waals surface area contributed by atoms with Crippen LogP contribution in [0.2, 0.25) is 0 Å². The highest BCUT2D eigenvalue weighted by molar-refractivity contribution is 6.15. The van der Waals surface area contributed by atoms with Crippen molar-refractivity contribution in [1.82, 2.24) is 10.3 Å². The van der Waals surface area contributed by atoms with Gasteiger partial charge in [-0.15, -0.1) is 0 Å². The molecule has 8 nitrogen and oxygen atoms in total. The van der Waals surface area contributed by atoms with E-state index in [2.05, 4.69) is 10.6 Å². The Balaban J connectivity index is 1.74. The molecule has 1 aliphatic rings. The van der Waals surface area contributed by atoms with Crippen LogP contribution in [0.5, 0.6) is 11.5 Å². The molecule has 2 N–H and O–H groups in total. The molecule has 186 valence electrons. The van der Waals surface area contributed by atoms with Crippen LogP contribution < -0.4 is 20.1 Å². The van der Waals surface area contributed by atoms with Crippen molar-refractivity contribution >= 4 is 23.3 Å². The van der Waals surface area contributed by atoms with Crippen molar-refractivity contribution in [3.05, 3.63) is 88.7 Å². The maximum Gasteiger partial charge on any atom is 0.337 e. The van der Waals surface area contributed by atoms with Crippen LogP contribution in [0.4, 0.5) is 14.9 Å². The summed E-state index contributed by atoms with van der Waals surface area (Å²) in [6, 6.07) is 15.7. The Kier molecular flexibility index (Phi) is 7.19. The number of urea groups is 1.